The van der Waals surface area contributed by atoms with Crippen LogP contribution in [0.3, 0.4) is 0 Å². The van der Waals surface area contributed by atoms with Crippen molar-refractivity contribution in [3.63, 3.8) is 0 Å². The molecule has 0 bridgehead atoms. The van der Waals surface area contributed by atoms with E-state index in [0.29, 0.717) is 18.1 Å². The minimum Gasteiger partial charge on any atom is -0.332 e. The second kappa shape index (κ2) is 6.15. The Hall–Kier alpha value is -2.40. The summed E-state index contributed by atoms with van der Waals surface area (Å²) < 4.78 is 14.0. The molecule has 0 aliphatic carbocycles. The summed E-state index contributed by atoms with van der Waals surface area (Å²) in [5, 5.41) is 0.602. The van der Waals surface area contributed by atoms with Gasteiger partial charge in [0.25, 0.3) is 5.91 Å². The minimum atomic E-state index is -0.575. The molecule has 2 aliphatic rings. The third-order valence-corrected chi connectivity index (χ3v) is 5.13. The third-order valence-electron chi connectivity index (χ3n) is 4.90. The van der Waals surface area contributed by atoms with Gasteiger partial charge in [-0.25, -0.2) is 4.39 Å². The van der Waals surface area contributed by atoms with E-state index in [4.69, 9.17) is 11.6 Å². The lowest BCUT2D eigenvalue weighted by Crippen LogP contribution is -2.55. The van der Waals surface area contributed by atoms with Gasteiger partial charge >= 0.3 is 0 Å². The largest absolute Gasteiger partial charge is 0.332 e. The van der Waals surface area contributed by atoms with E-state index in [1.54, 1.807) is 11.0 Å². The molecule has 1 saturated heterocycles. The van der Waals surface area contributed by atoms with Crippen molar-refractivity contribution in [2.75, 3.05) is 19.6 Å². The molecule has 1 atom stereocenters. The van der Waals surface area contributed by atoms with Crippen LogP contribution in [0.5, 0.6) is 0 Å². The Bertz CT molecular complexity index is 870. The maximum absolute atomic E-state index is 14.0. The first kappa shape index (κ1) is 16.1. The normalized spacial score (nSPS) is 19.4. The van der Waals surface area contributed by atoms with Crippen LogP contribution in [0.15, 0.2) is 42.5 Å². The van der Waals surface area contributed by atoms with Gasteiger partial charge in [0.2, 0.25) is 5.91 Å². The van der Waals surface area contributed by atoms with E-state index in [0.717, 1.165) is 17.5 Å². The maximum Gasteiger partial charge on any atom is 0.257 e. The molecule has 0 spiro atoms. The van der Waals surface area contributed by atoms with Crippen LogP contribution in [0.1, 0.15) is 27.5 Å². The number of amides is 2. The number of carbonyl (C=O) groups excluding carboxylic acids is 2. The molecule has 4 nitrogen and oxygen atoms in total. The standard InChI is InChI=1S/C19H16ClFN2O2/c20-13-6-5-12-7-8-23-17(15(12)9-13)10-22(11-18(23)24)19(25)14-3-1-2-4-16(14)21/h1-6,9,17H,7-8,10-11H2. The van der Waals surface area contributed by atoms with Gasteiger partial charge in [-0.05, 0) is 41.8 Å². The highest BCUT2D eigenvalue weighted by molar-refractivity contribution is 6.30. The number of hydrogen-bond donors (Lipinski definition) is 0. The topological polar surface area (TPSA) is 40.6 Å². The molecule has 0 saturated carbocycles. The molecule has 1 unspecified atom stereocenters. The highest BCUT2D eigenvalue weighted by atomic mass is 35.5. The average Bonchev–Trinajstić information content (AvgIpc) is 2.61. The smallest absolute Gasteiger partial charge is 0.257 e. The number of fused-ring (bicyclic) bond motifs is 3. The minimum absolute atomic E-state index is 0.00845. The molecular weight excluding hydrogens is 343 g/mol. The van der Waals surface area contributed by atoms with Crippen molar-refractivity contribution < 1.29 is 14.0 Å². The molecule has 2 heterocycles. The Morgan fingerprint density at radius 1 is 1.20 bits per heavy atom. The zero-order valence-corrected chi connectivity index (χ0v) is 14.2. The van der Waals surface area contributed by atoms with E-state index < -0.39 is 11.7 Å². The Morgan fingerprint density at radius 2 is 2.00 bits per heavy atom. The molecule has 1 fully saturated rings. The molecule has 0 aromatic heterocycles. The maximum atomic E-state index is 14.0. The van der Waals surface area contributed by atoms with Crippen LogP contribution in [0.4, 0.5) is 4.39 Å². The summed E-state index contributed by atoms with van der Waals surface area (Å²) in [4.78, 5) is 28.5. The first-order valence-electron chi connectivity index (χ1n) is 8.16. The number of rotatable bonds is 1. The number of piperazine rings is 1. The quantitative estimate of drug-likeness (QED) is 0.786. The van der Waals surface area contributed by atoms with E-state index >= 15 is 0 Å². The summed E-state index contributed by atoms with van der Waals surface area (Å²) in [6.07, 6.45) is 0.774. The number of benzene rings is 2. The average molecular weight is 359 g/mol. The zero-order chi connectivity index (χ0) is 17.6. The van der Waals surface area contributed by atoms with Gasteiger partial charge in [0.05, 0.1) is 11.6 Å². The van der Waals surface area contributed by atoms with Crippen LogP contribution in [0.25, 0.3) is 0 Å². The lowest BCUT2D eigenvalue weighted by atomic mass is 9.90. The van der Waals surface area contributed by atoms with Crippen molar-refractivity contribution in [2.45, 2.75) is 12.5 Å². The lowest BCUT2D eigenvalue weighted by Gasteiger charge is -2.44. The number of hydrogen-bond acceptors (Lipinski definition) is 2. The zero-order valence-electron chi connectivity index (χ0n) is 13.4. The molecule has 25 heavy (non-hydrogen) atoms. The second-order valence-corrected chi connectivity index (χ2v) is 6.80. The van der Waals surface area contributed by atoms with Crippen LogP contribution in [-0.2, 0) is 11.2 Å². The monoisotopic (exact) mass is 358 g/mol. The van der Waals surface area contributed by atoms with Crippen molar-refractivity contribution in [3.8, 4) is 0 Å². The Kier molecular flexibility index (Phi) is 3.96. The predicted molar refractivity (Wildman–Crippen MR) is 91.9 cm³/mol. The second-order valence-electron chi connectivity index (χ2n) is 6.36. The molecular formula is C19H16ClFN2O2. The van der Waals surface area contributed by atoms with Crippen LogP contribution < -0.4 is 0 Å². The fourth-order valence-electron chi connectivity index (χ4n) is 3.65. The highest BCUT2D eigenvalue weighted by Crippen LogP contribution is 2.35. The lowest BCUT2D eigenvalue weighted by molar-refractivity contribution is -0.139. The van der Waals surface area contributed by atoms with Crippen molar-refractivity contribution in [3.05, 3.63) is 70.0 Å². The molecule has 2 aromatic carbocycles. The number of nitrogens with zero attached hydrogens (tertiary/aromatic N) is 2. The summed E-state index contributed by atoms with van der Waals surface area (Å²) >= 11 is 6.13. The molecule has 2 amide bonds. The van der Waals surface area contributed by atoms with Gasteiger partial charge in [0.1, 0.15) is 12.4 Å². The first-order chi connectivity index (χ1) is 12.0. The van der Waals surface area contributed by atoms with Gasteiger partial charge in [-0.3, -0.25) is 9.59 Å². The van der Waals surface area contributed by atoms with Gasteiger partial charge in [-0.15, -0.1) is 0 Å². The van der Waals surface area contributed by atoms with Gasteiger partial charge in [0, 0.05) is 18.1 Å². The fourth-order valence-corrected chi connectivity index (χ4v) is 3.83. The van der Waals surface area contributed by atoms with Crippen LogP contribution in [-0.4, -0.2) is 41.2 Å². The van der Waals surface area contributed by atoms with Gasteiger partial charge in [-0.2, -0.15) is 0 Å². The summed E-state index contributed by atoms with van der Waals surface area (Å²) in [6, 6.07) is 11.3. The fraction of sp³-hybridized carbons (Fsp3) is 0.263. The Balaban J connectivity index is 1.68. The molecule has 2 aromatic rings. The van der Waals surface area contributed by atoms with E-state index in [9.17, 15) is 14.0 Å². The summed E-state index contributed by atoms with van der Waals surface area (Å²) in [7, 11) is 0. The first-order valence-corrected chi connectivity index (χ1v) is 8.54. The van der Waals surface area contributed by atoms with Crippen molar-refractivity contribution >= 4 is 23.4 Å². The van der Waals surface area contributed by atoms with Crippen molar-refractivity contribution in [2.24, 2.45) is 0 Å². The number of carbonyl (C=O) groups is 2. The molecule has 0 N–H and O–H groups in total. The van der Waals surface area contributed by atoms with E-state index in [1.807, 2.05) is 18.2 Å². The van der Waals surface area contributed by atoms with Crippen LogP contribution >= 0.6 is 11.6 Å². The summed E-state index contributed by atoms with van der Waals surface area (Å²) in [5.74, 6) is -1.15. The van der Waals surface area contributed by atoms with E-state index in [-0.39, 0.29) is 24.1 Å². The van der Waals surface area contributed by atoms with Crippen LogP contribution in [0, 0.1) is 5.82 Å². The van der Waals surface area contributed by atoms with Crippen molar-refractivity contribution in [1.29, 1.82) is 0 Å². The van der Waals surface area contributed by atoms with Gasteiger partial charge < -0.3 is 9.80 Å². The van der Waals surface area contributed by atoms with E-state index in [2.05, 4.69) is 0 Å². The SMILES string of the molecule is O=C(c1ccccc1F)N1CC(=O)N2CCc3ccc(Cl)cc3C2C1. The van der Waals surface area contributed by atoms with Gasteiger partial charge in [-0.1, -0.05) is 29.8 Å². The molecule has 0 radical (unpaired) electrons. The third kappa shape index (κ3) is 2.78. The summed E-state index contributed by atoms with van der Waals surface area (Å²) in [5.41, 5.74) is 2.10. The summed E-state index contributed by atoms with van der Waals surface area (Å²) in [6.45, 7) is 0.936. The highest BCUT2D eigenvalue weighted by Gasteiger charge is 2.39. The Labute approximate surface area is 149 Å². The molecule has 6 heteroatoms. The van der Waals surface area contributed by atoms with Gasteiger partial charge in [0.15, 0.2) is 0 Å². The molecule has 128 valence electrons. The molecule has 4 rings (SSSR count). The van der Waals surface area contributed by atoms with E-state index in [1.165, 1.54) is 23.1 Å². The van der Waals surface area contributed by atoms with Crippen LogP contribution in [0.2, 0.25) is 5.02 Å². The number of halogens is 2. The Morgan fingerprint density at radius 3 is 2.80 bits per heavy atom. The predicted octanol–water partition coefficient (Wildman–Crippen LogP) is 3.06. The van der Waals surface area contributed by atoms with Crippen molar-refractivity contribution in [1.82, 2.24) is 9.80 Å². The molecule has 2 aliphatic heterocycles.